The molecule has 1 aromatic carbocycles. The molecule has 0 heterocycles. The van der Waals surface area contributed by atoms with E-state index in [0.717, 1.165) is 5.56 Å². The number of nitrogens with one attached hydrogen (secondary N) is 1. The lowest BCUT2D eigenvalue weighted by atomic mass is 10.2. The van der Waals surface area contributed by atoms with E-state index in [-0.39, 0.29) is 6.61 Å². The maximum absolute atomic E-state index is 11.5. The molecule has 0 aliphatic rings. The number of aliphatic hydroxyl groups excluding tert-OH is 1. The smallest absolute Gasteiger partial charge is 0.331 e. The number of rotatable bonds is 6. The van der Waals surface area contributed by atoms with Crippen molar-refractivity contribution in [2.75, 3.05) is 0 Å². The van der Waals surface area contributed by atoms with Crippen LogP contribution in [-0.4, -0.2) is 29.6 Å². The van der Waals surface area contributed by atoms with Gasteiger partial charge < -0.3 is 15.2 Å². The summed E-state index contributed by atoms with van der Waals surface area (Å²) in [6.45, 7) is 1.52. The van der Waals surface area contributed by atoms with Crippen molar-refractivity contribution >= 4 is 12.4 Å². The Kier molecular flexibility index (Phi) is 5.16. The van der Waals surface area contributed by atoms with E-state index in [9.17, 15) is 14.7 Å². The number of esters is 1. The fourth-order valence-electron chi connectivity index (χ4n) is 1.30. The number of benzene rings is 1. The van der Waals surface area contributed by atoms with Crippen LogP contribution in [0.1, 0.15) is 12.5 Å². The minimum absolute atomic E-state index is 0.115. The summed E-state index contributed by atoms with van der Waals surface area (Å²) in [6.07, 6.45) is -0.635. The highest BCUT2D eigenvalue weighted by Crippen LogP contribution is 2.03. The molecule has 5 nitrogen and oxygen atoms in total. The van der Waals surface area contributed by atoms with Crippen LogP contribution in [0.25, 0.3) is 0 Å². The van der Waals surface area contributed by atoms with Gasteiger partial charge in [0.1, 0.15) is 6.61 Å². The summed E-state index contributed by atoms with van der Waals surface area (Å²) < 4.78 is 4.98. The second-order valence-electron chi connectivity index (χ2n) is 3.60. The predicted molar refractivity (Wildman–Crippen MR) is 60.9 cm³/mol. The van der Waals surface area contributed by atoms with Gasteiger partial charge in [-0.15, -0.1) is 0 Å². The molecule has 92 valence electrons. The third-order valence-electron chi connectivity index (χ3n) is 2.21. The maximum Gasteiger partial charge on any atom is 0.331 e. The molecule has 0 spiro atoms. The molecule has 2 atom stereocenters. The molecule has 0 saturated carbocycles. The Bertz CT molecular complexity index is 364. The Morgan fingerprint density at radius 2 is 2.12 bits per heavy atom. The zero-order chi connectivity index (χ0) is 12.7. The van der Waals surface area contributed by atoms with E-state index < -0.39 is 18.1 Å². The minimum atomic E-state index is -1.03. The van der Waals surface area contributed by atoms with E-state index in [1.165, 1.54) is 6.92 Å². The van der Waals surface area contributed by atoms with Gasteiger partial charge in [-0.3, -0.25) is 4.79 Å². The lowest BCUT2D eigenvalue weighted by Crippen LogP contribution is -2.45. The molecule has 2 N–H and O–H groups in total. The molecule has 1 amide bonds. The Hall–Kier alpha value is -1.88. The van der Waals surface area contributed by atoms with E-state index in [0.29, 0.717) is 6.41 Å². The summed E-state index contributed by atoms with van der Waals surface area (Å²) in [5.74, 6) is -0.657. The molecule has 1 rings (SSSR count). The van der Waals surface area contributed by atoms with Crippen molar-refractivity contribution in [3.05, 3.63) is 35.9 Å². The van der Waals surface area contributed by atoms with Gasteiger partial charge >= 0.3 is 5.97 Å². The third-order valence-corrected chi connectivity index (χ3v) is 2.21. The van der Waals surface area contributed by atoms with Gasteiger partial charge in [0.25, 0.3) is 0 Å². The first kappa shape index (κ1) is 13.2. The van der Waals surface area contributed by atoms with Gasteiger partial charge in [-0.2, -0.15) is 0 Å². The van der Waals surface area contributed by atoms with Crippen LogP contribution in [-0.2, 0) is 20.9 Å². The van der Waals surface area contributed by atoms with Gasteiger partial charge in [-0.25, -0.2) is 4.79 Å². The lowest BCUT2D eigenvalue weighted by molar-refractivity contribution is -0.151. The molecule has 0 radical (unpaired) electrons. The van der Waals surface area contributed by atoms with Crippen LogP contribution in [0.5, 0.6) is 0 Å². The Morgan fingerprint density at radius 3 is 2.65 bits per heavy atom. The number of hydrogen-bond acceptors (Lipinski definition) is 4. The van der Waals surface area contributed by atoms with Crippen molar-refractivity contribution in [1.29, 1.82) is 0 Å². The molecular weight excluding hydrogens is 222 g/mol. The third kappa shape index (κ3) is 4.24. The topological polar surface area (TPSA) is 75.6 Å². The van der Waals surface area contributed by atoms with Gasteiger partial charge in [-0.05, 0) is 12.5 Å². The van der Waals surface area contributed by atoms with Crippen LogP contribution in [0.2, 0.25) is 0 Å². The summed E-state index contributed by atoms with van der Waals surface area (Å²) in [6, 6.07) is 8.13. The first-order chi connectivity index (χ1) is 8.15. The quantitative estimate of drug-likeness (QED) is 0.548. The molecule has 0 aliphatic carbocycles. The molecule has 0 saturated heterocycles. The van der Waals surface area contributed by atoms with Crippen LogP contribution in [0.15, 0.2) is 30.3 Å². The van der Waals surface area contributed by atoms with Crippen LogP contribution >= 0.6 is 0 Å². The highest BCUT2D eigenvalue weighted by atomic mass is 16.5. The van der Waals surface area contributed by atoms with Gasteiger partial charge in [0, 0.05) is 0 Å². The van der Waals surface area contributed by atoms with Crippen molar-refractivity contribution < 1.29 is 19.4 Å². The number of carbonyl (C=O) groups is 2. The fourth-order valence-corrected chi connectivity index (χ4v) is 1.30. The summed E-state index contributed by atoms with van der Waals surface area (Å²) in [5, 5.41) is 11.5. The fraction of sp³-hybridized carbons (Fsp3) is 0.333. The molecule has 0 bridgehead atoms. The first-order valence-corrected chi connectivity index (χ1v) is 5.23. The summed E-state index contributed by atoms with van der Waals surface area (Å²) in [7, 11) is 0. The lowest BCUT2D eigenvalue weighted by Gasteiger charge is -2.17. The Balaban J connectivity index is 2.50. The molecule has 0 aromatic heterocycles. The monoisotopic (exact) mass is 237 g/mol. The van der Waals surface area contributed by atoms with E-state index in [2.05, 4.69) is 5.32 Å². The van der Waals surface area contributed by atoms with Gasteiger partial charge in [-0.1, -0.05) is 30.3 Å². The number of hydrogen-bond donors (Lipinski definition) is 2. The SMILES string of the molecule is C[C@@H](O)[C@H](NC=O)C(=O)OCc1ccccc1. The molecule has 0 unspecified atom stereocenters. The second kappa shape index (κ2) is 6.65. The van der Waals surface area contributed by atoms with E-state index in [4.69, 9.17) is 4.74 Å². The highest BCUT2D eigenvalue weighted by Gasteiger charge is 2.24. The second-order valence-corrected chi connectivity index (χ2v) is 3.60. The number of aliphatic hydroxyl groups is 1. The van der Waals surface area contributed by atoms with Crippen LogP contribution in [0, 0.1) is 0 Å². The zero-order valence-electron chi connectivity index (χ0n) is 9.50. The normalized spacial score (nSPS) is 13.5. The van der Waals surface area contributed by atoms with Crippen molar-refractivity contribution in [1.82, 2.24) is 5.32 Å². The largest absolute Gasteiger partial charge is 0.459 e. The summed E-state index contributed by atoms with van der Waals surface area (Å²) in [4.78, 5) is 21.8. The number of ether oxygens (including phenoxy) is 1. The van der Waals surface area contributed by atoms with E-state index >= 15 is 0 Å². The molecule has 1 aromatic rings. The molecule has 0 aliphatic heterocycles. The van der Waals surface area contributed by atoms with Crippen LogP contribution in [0.3, 0.4) is 0 Å². The van der Waals surface area contributed by atoms with Crippen LogP contribution < -0.4 is 5.32 Å². The average Bonchev–Trinajstić information content (AvgIpc) is 2.34. The summed E-state index contributed by atoms with van der Waals surface area (Å²) in [5.41, 5.74) is 0.844. The van der Waals surface area contributed by atoms with E-state index in [1.807, 2.05) is 30.3 Å². The van der Waals surface area contributed by atoms with Gasteiger partial charge in [0.15, 0.2) is 6.04 Å². The molecule has 0 fully saturated rings. The molecule has 17 heavy (non-hydrogen) atoms. The van der Waals surface area contributed by atoms with Gasteiger partial charge in [0.2, 0.25) is 6.41 Å². The maximum atomic E-state index is 11.5. The number of amides is 1. The van der Waals surface area contributed by atoms with Crippen LogP contribution in [0.4, 0.5) is 0 Å². The van der Waals surface area contributed by atoms with Crippen molar-refractivity contribution in [3.8, 4) is 0 Å². The zero-order valence-corrected chi connectivity index (χ0v) is 9.50. The van der Waals surface area contributed by atoms with Gasteiger partial charge in [0.05, 0.1) is 6.10 Å². The highest BCUT2D eigenvalue weighted by molar-refractivity contribution is 5.78. The van der Waals surface area contributed by atoms with Crippen molar-refractivity contribution in [3.63, 3.8) is 0 Å². The number of carbonyl (C=O) groups excluding carboxylic acids is 2. The van der Waals surface area contributed by atoms with Crippen molar-refractivity contribution in [2.24, 2.45) is 0 Å². The molecule has 5 heteroatoms. The average molecular weight is 237 g/mol. The summed E-state index contributed by atoms with van der Waals surface area (Å²) >= 11 is 0. The van der Waals surface area contributed by atoms with Crippen molar-refractivity contribution in [2.45, 2.75) is 25.7 Å². The predicted octanol–water partition coefficient (Wildman–Crippen LogP) is 0.225. The molecular formula is C12H15NO4. The first-order valence-electron chi connectivity index (χ1n) is 5.23. The Morgan fingerprint density at radius 1 is 1.47 bits per heavy atom. The standard InChI is InChI=1S/C12H15NO4/c1-9(15)11(13-8-14)12(16)17-7-10-5-3-2-4-6-10/h2-6,8-9,11,15H,7H2,1H3,(H,13,14)/t9-,11+/m1/s1. The van der Waals surface area contributed by atoms with E-state index in [1.54, 1.807) is 0 Å². The Labute approximate surface area is 99.4 Å². The minimum Gasteiger partial charge on any atom is -0.459 e.